The number of fused-ring (bicyclic) bond motifs is 3. The quantitative estimate of drug-likeness (QED) is 0.605. The van der Waals surface area contributed by atoms with Crippen LogP contribution >= 0.6 is 23.2 Å². The summed E-state index contributed by atoms with van der Waals surface area (Å²) in [5.41, 5.74) is 4.57. The molecule has 6 heteroatoms. The van der Waals surface area contributed by atoms with Gasteiger partial charge in [0, 0.05) is 12.0 Å². The topological polar surface area (TPSA) is 46.2 Å². The highest BCUT2D eigenvalue weighted by Crippen LogP contribution is 2.76. The Morgan fingerprint density at radius 3 is 2.45 bits per heavy atom. The van der Waals surface area contributed by atoms with Gasteiger partial charge in [0.25, 0.3) is 0 Å². The van der Waals surface area contributed by atoms with E-state index in [-0.39, 0.29) is 5.75 Å². The van der Waals surface area contributed by atoms with Crippen LogP contribution in [0.3, 0.4) is 0 Å². The van der Waals surface area contributed by atoms with E-state index < -0.39 is 10.0 Å². The molecule has 1 atom stereocenters. The first-order valence-corrected chi connectivity index (χ1v) is 12.8. The van der Waals surface area contributed by atoms with Crippen LogP contribution in [-0.4, -0.2) is 15.0 Å². The summed E-state index contributed by atoms with van der Waals surface area (Å²) < 4.78 is 27.9. The molecule has 0 amide bonds. The van der Waals surface area contributed by atoms with E-state index in [9.17, 15) is 8.42 Å². The highest BCUT2D eigenvalue weighted by atomic mass is 35.5. The molecule has 0 bridgehead atoms. The van der Waals surface area contributed by atoms with Gasteiger partial charge in [-0.1, -0.05) is 53.5 Å². The second-order valence-electron chi connectivity index (χ2n) is 9.04. The van der Waals surface area contributed by atoms with Crippen LogP contribution < -0.4 is 4.72 Å². The van der Waals surface area contributed by atoms with Crippen LogP contribution in [0.25, 0.3) is 0 Å². The number of hydrogen-bond acceptors (Lipinski definition) is 2. The molecule has 2 aromatic carbocycles. The minimum atomic E-state index is -3.42. The van der Waals surface area contributed by atoms with Gasteiger partial charge >= 0.3 is 0 Å². The maximum Gasteiger partial charge on any atom is 0.215 e. The molecule has 2 fully saturated rings. The molecule has 0 heterocycles. The molecular weight excluding hydrogens is 425 g/mol. The zero-order valence-corrected chi connectivity index (χ0v) is 18.6. The van der Waals surface area contributed by atoms with Gasteiger partial charge < -0.3 is 0 Å². The molecule has 154 valence electrons. The Kier molecular flexibility index (Phi) is 4.78. The first-order valence-electron chi connectivity index (χ1n) is 10.3. The van der Waals surface area contributed by atoms with Gasteiger partial charge in [0.2, 0.25) is 10.0 Å². The van der Waals surface area contributed by atoms with Crippen molar-refractivity contribution in [3.8, 4) is 0 Å². The second-order valence-corrected chi connectivity index (χ2v) is 11.7. The molecule has 3 aliphatic carbocycles. The lowest BCUT2D eigenvalue weighted by atomic mass is 9.65. The van der Waals surface area contributed by atoms with Crippen molar-refractivity contribution >= 4 is 33.2 Å². The number of halogens is 2. The summed E-state index contributed by atoms with van der Waals surface area (Å²) in [5, 5.41) is 0.807. The highest BCUT2D eigenvalue weighted by molar-refractivity contribution is 7.88. The molecule has 3 aliphatic rings. The van der Waals surface area contributed by atoms with E-state index in [1.165, 1.54) is 37.7 Å². The molecule has 0 aliphatic heterocycles. The lowest BCUT2D eigenvalue weighted by Gasteiger charge is -2.39. The Morgan fingerprint density at radius 1 is 1.00 bits per heavy atom. The summed E-state index contributed by atoms with van der Waals surface area (Å²) in [4.78, 5) is 0. The lowest BCUT2D eigenvalue weighted by molar-refractivity contribution is 0.285. The van der Waals surface area contributed by atoms with Crippen molar-refractivity contribution in [2.24, 2.45) is 5.41 Å². The van der Waals surface area contributed by atoms with Gasteiger partial charge in [-0.2, -0.15) is 0 Å². The van der Waals surface area contributed by atoms with Gasteiger partial charge in [-0.05, 0) is 78.7 Å². The average molecular weight is 450 g/mol. The number of benzene rings is 2. The fraction of sp³-hybridized carbons (Fsp3) is 0.478. The summed E-state index contributed by atoms with van der Waals surface area (Å²) in [5.74, 6) is 0.352. The average Bonchev–Trinajstić information content (AvgIpc) is 3.58. The van der Waals surface area contributed by atoms with Crippen molar-refractivity contribution < 1.29 is 8.42 Å². The van der Waals surface area contributed by atoms with E-state index >= 15 is 0 Å². The van der Waals surface area contributed by atoms with E-state index in [4.69, 9.17) is 23.2 Å². The van der Waals surface area contributed by atoms with Crippen LogP contribution in [0.15, 0.2) is 42.5 Å². The molecule has 3 nitrogen and oxygen atoms in total. The molecule has 0 saturated heterocycles. The Labute approximate surface area is 182 Å². The molecule has 0 aromatic heterocycles. The third-order valence-electron chi connectivity index (χ3n) is 7.33. The van der Waals surface area contributed by atoms with Crippen molar-refractivity contribution in [1.29, 1.82) is 0 Å². The predicted octanol–water partition coefficient (Wildman–Crippen LogP) is 5.80. The molecule has 29 heavy (non-hydrogen) atoms. The van der Waals surface area contributed by atoms with Crippen LogP contribution in [0.1, 0.15) is 61.1 Å². The summed E-state index contributed by atoms with van der Waals surface area (Å²) in [6.07, 6.45) is 7.37. The fourth-order valence-electron chi connectivity index (χ4n) is 5.66. The molecule has 1 unspecified atom stereocenters. The van der Waals surface area contributed by atoms with Gasteiger partial charge in [0.05, 0.1) is 15.8 Å². The largest absolute Gasteiger partial charge is 0.215 e. The van der Waals surface area contributed by atoms with Crippen LogP contribution in [-0.2, 0) is 21.2 Å². The van der Waals surface area contributed by atoms with Gasteiger partial charge in [-0.15, -0.1) is 0 Å². The highest BCUT2D eigenvalue weighted by Gasteiger charge is 2.68. The fourth-order valence-corrected chi connectivity index (χ4v) is 7.13. The van der Waals surface area contributed by atoms with Crippen LogP contribution in [0.5, 0.6) is 0 Å². The molecule has 2 saturated carbocycles. The summed E-state index contributed by atoms with van der Waals surface area (Å²) in [7, 11) is -3.42. The number of nitrogens with one attached hydrogen (secondary N) is 1. The Hall–Kier alpha value is -1.07. The maximum atomic E-state index is 12.5. The first kappa shape index (κ1) is 19.9. The van der Waals surface area contributed by atoms with E-state index in [2.05, 4.69) is 29.0 Å². The Morgan fingerprint density at radius 2 is 1.76 bits per heavy atom. The van der Waals surface area contributed by atoms with Gasteiger partial charge in [-0.25, -0.2) is 13.1 Å². The van der Waals surface area contributed by atoms with Crippen molar-refractivity contribution in [2.75, 3.05) is 6.54 Å². The number of rotatable bonds is 6. The van der Waals surface area contributed by atoms with Crippen LogP contribution in [0.2, 0.25) is 10.0 Å². The normalized spacial score (nSPS) is 23.2. The Balaban J connectivity index is 1.26. The van der Waals surface area contributed by atoms with E-state index in [1.807, 2.05) is 0 Å². The zero-order valence-electron chi connectivity index (χ0n) is 16.3. The maximum absolute atomic E-state index is 12.5. The Bertz CT molecular complexity index is 1060. The second kappa shape index (κ2) is 6.98. The standard InChI is InChI=1S/C23H25Cl2NO2S/c24-20-6-5-16(13-21(20)25)15-29(27,28)26-12-7-17-14-22(8-9-22)23(10-11-23)19-4-2-1-3-18(17)19/h1-6,13,17,26H,7-12,14-15H2. The predicted molar refractivity (Wildman–Crippen MR) is 118 cm³/mol. The summed E-state index contributed by atoms with van der Waals surface area (Å²) >= 11 is 11.9. The minimum Gasteiger partial charge on any atom is -0.215 e. The van der Waals surface area contributed by atoms with E-state index in [1.54, 1.807) is 23.8 Å². The van der Waals surface area contributed by atoms with E-state index in [0.29, 0.717) is 38.9 Å². The summed E-state index contributed by atoms with van der Waals surface area (Å²) in [6.45, 7) is 0.464. The molecule has 2 aromatic rings. The monoisotopic (exact) mass is 449 g/mol. The molecule has 5 rings (SSSR count). The lowest BCUT2D eigenvalue weighted by Crippen LogP contribution is -2.33. The molecule has 1 N–H and O–H groups in total. The number of hydrogen-bond donors (Lipinski definition) is 1. The minimum absolute atomic E-state index is 0.0851. The first-order chi connectivity index (χ1) is 13.8. The van der Waals surface area contributed by atoms with Crippen LogP contribution in [0.4, 0.5) is 0 Å². The van der Waals surface area contributed by atoms with Crippen LogP contribution in [0, 0.1) is 5.41 Å². The third-order valence-corrected chi connectivity index (χ3v) is 9.42. The SMILES string of the molecule is O=S(=O)(Cc1ccc(Cl)c(Cl)c1)NCCC1CC2(CC2)C2(CC2)c2ccccc21. The smallest absolute Gasteiger partial charge is 0.215 e. The van der Waals surface area contributed by atoms with Gasteiger partial charge in [-0.3, -0.25) is 0 Å². The van der Waals surface area contributed by atoms with Gasteiger partial charge in [0.15, 0.2) is 0 Å². The van der Waals surface area contributed by atoms with Crippen molar-refractivity contribution in [3.05, 3.63) is 69.2 Å². The summed E-state index contributed by atoms with van der Waals surface area (Å²) in [6, 6.07) is 13.8. The van der Waals surface area contributed by atoms with Crippen molar-refractivity contribution in [3.63, 3.8) is 0 Å². The van der Waals surface area contributed by atoms with Crippen molar-refractivity contribution in [2.45, 2.75) is 55.6 Å². The zero-order chi connectivity index (χ0) is 20.3. The third kappa shape index (κ3) is 3.52. The molecule has 2 spiro atoms. The van der Waals surface area contributed by atoms with Gasteiger partial charge in [0.1, 0.15) is 0 Å². The van der Waals surface area contributed by atoms with E-state index in [0.717, 1.165) is 6.42 Å². The molecular formula is C23H25Cl2NO2S. The molecule has 0 radical (unpaired) electrons. The number of sulfonamides is 1. The van der Waals surface area contributed by atoms with Crippen molar-refractivity contribution in [1.82, 2.24) is 4.72 Å².